The number of carbonyl (C=O) groups is 2. The minimum Gasteiger partial charge on any atom is -0.466 e. The van der Waals surface area contributed by atoms with Crippen molar-refractivity contribution in [3.05, 3.63) is 64.7 Å². The lowest BCUT2D eigenvalue weighted by Crippen LogP contribution is -2.19. The summed E-state index contributed by atoms with van der Waals surface area (Å²) in [6, 6.07) is 14.3. The molecule has 0 saturated heterocycles. The second kappa shape index (κ2) is 8.90. The highest BCUT2D eigenvalue weighted by molar-refractivity contribution is 7.98. The van der Waals surface area contributed by atoms with Crippen molar-refractivity contribution in [3.8, 4) is 0 Å². The number of ether oxygens (including phenoxy) is 1. The normalized spacial score (nSPS) is 11.8. The third kappa shape index (κ3) is 4.86. The predicted octanol–water partition coefficient (Wildman–Crippen LogP) is 4.98. The highest BCUT2D eigenvalue weighted by Gasteiger charge is 2.25. The fraction of sp³-hybridized carbons (Fsp3) is 0.263. The van der Waals surface area contributed by atoms with Gasteiger partial charge in [-0.2, -0.15) is 0 Å². The van der Waals surface area contributed by atoms with Gasteiger partial charge in [-0.15, -0.1) is 11.8 Å². The molecule has 1 atom stereocenters. The first-order valence-electron chi connectivity index (χ1n) is 7.64. The SMILES string of the molecule is CCOC(=O)C(CC(=O)c1ccc(SC)cc1)c1ccc(Cl)cc1. The van der Waals surface area contributed by atoms with Gasteiger partial charge in [-0.1, -0.05) is 35.9 Å². The van der Waals surface area contributed by atoms with Crippen LogP contribution in [0.4, 0.5) is 0 Å². The second-order valence-electron chi connectivity index (χ2n) is 5.21. The van der Waals surface area contributed by atoms with E-state index in [9.17, 15) is 9.59 Å². The zero-order valence-corrected chi connectivity index (χ0v) is 15.2. The van der Waals surface area contributed by atoms with Crippen LogP contribution in [-0.2, 0) is 9.53 Å². The Morgan fingerprint density at radius 2 is 1.71 bits per heavy atom. The monoisotopic (exact) mass is 362 g/mol. The summed E-state index contributed by atoms with van der Waals surface area (Å²) >= 11 is 7.52. The highest BCUT2D eigenvalue weighted by Crippen LogP contribution is 2.26. The smallest absolute Gasteiger partial charge is 0.313 e. The molecular weight excluding hydrogens is 344 g/mol. The van der Waals surface area contributed by atoms with Crippen molar-refractivity contribution >= 4 is 35.1 Å². The minimum atomic E-state index is -0.630. The first-order valence-corrected chi connectivity index (χ1v) is 9.24. The molecule has 3 nitrogen and oxygen atoms in total. The molecule has 0 N–H and O–H groups in total. The van der Waals surface area contributed by atoms with Crippen LogP contribution in [0, 0.1) is 0 Å². The first kappa shape index (κ1) is 18.6. The van der Waals surface area contributed by atoms with Crippen molar-refractivity contribution in [3.63, 3.8) is 0 Å². The number of ketones is 1. The number of halogens is 1. The molecule has 2 aromatic rings. The lowest BCUT2D eigenvalue weighted by Gasteiger charge is -2.15. The van der Waals surface area contributed by atoms with E-state index in [0.717, 1.165) is 10.5 Å². The number of benzene rings is 2. The summed E-state index contributed by atoms with van der Waals surface area (Å²) in [5.74, 6) is -1.11. The van der Waals surface area contributed by atoms with Gasteiger partial charge in [-0.3, -0.25) is 9.59 Å². The molecule has 0 heterocycles. The maximum Gasteiger partial charge on any atom is 0.313 e. The Morgan fingerprint density at radius 3 is 2.25 bits per heavy atom. The molecule has 2 rings (SSSR count). The van der Waals surface area contributed by atoms with E-state index in [2.05, 4.69) is 0 Å². The third-order valence-corrected chi connectivity index (χ3v) is 4.64. The van der Waals surface area contributed by atoms with Gasteiger partial charge in [0.15, 0.2) is 5.78 Å². The zero-order valence-electron chi connectivity index (χ0n) is 13.6. The molecule has 0 spiro atoms. The van der Waals surface area contributed by atoms with Gasteiger partial charge < -0.3 is 4.74 Å². The Morgan fingerprint density at radius 1 is 1.08 bits per heavy atom. The quantitative estimate of drug-likeness (QED) is 0.395. The van der Waals surface area contributed by atoms with Crippen LogP contribution in [0.1, 0.15) is 35.2 Å². The van der Waals surface area contributed by atoms with Crippen molar-refractivity contribution in [1.29, 1.82) is 0 Å². The lowest BCUT2D eigenvalue weighted by atomic mass is 9.91. The number of Topliss-reactive ketones (excluding diaryl/α,β-unsaturated/α-hetero) is 1. The van der Waals surface area contributed by atoms with Gasteiger partial charge in [0, 0.05) is 21.9 Å². The topological polar surface area (TPSA) is 43.4 Å². The van der Waals surface area contributed by atoms with Crippen LogP contribution in [0.3, 0.4) is 0 Å². The fourth-order valence-electron chi connectivity index (χ4n) is 2.36. The van der Waals surface area contributed by atoms with E-state index in [1.165, 1.54) is 0 Å². The van der Waals surface area contributed by atoms with E-state index in [1.54, 1.807) is 55.1 Å². The maximum absolute atomic E-state index is 12.6. The van der Waals surface area contributed by atoms with Crippen molar-refractivity contribution in [2.75, 3.05) is 12.9 Å². The largest absolute Gasteiger partial charge is 0.466 e. The summed E-state index contributed by atoms with van der Waals surface area (Å²) in [6.07, 6.45) is 2.05. The number of carbonyl (C=O) groups excluding carboxylic acids is 2. The first-order chi connectivity index (χ1) is 11.5. The second-order valence-corrected chi connectivity index (χ2v) is 6.53. The molecular formula is C19H19ClO3S. The highest BCUT2D eigenvalue weighted by atomic mass is 35.5. The number of hydrogen-bond donors (Lipinski definition) is 0. The standard InChI is InChI=1S/C19H19ClO3S/c1-3-23-19(22)17(13-4-8-15(20)9-5-13)12-18(21)14-6-10-16(24-2)11-7-14/h4-11,17H,3,12H2,1-2H3. The molecule has 0 fully saturated rings. The predicted molar refractivity (Wildman–Crippen MR) is 98.0 cm³/mol. The van der Waals surface area contributed by atoms with Crippen LogP contribution in [-0.4, -0.2) is 24.6 Å². The van der Waals surface area contributed by atoms with E-state index in [4.69, 9.17) is 16.3 Å². The molecule has 0 aliphatic heterocycles. The molecule has 1 unspecified atom stereocenters. The third-order valence-electron chi connectivity index (χ3n) is 3.65. The van der Waals surface area contributed by atoms with Gasteiger partial charge in [0.05, 0.1) is 12.5 Å². The molecule has 0 bridgehead atoms. The van der Waals surface area contributed by atoms with Crippen LogP contribution < -0.4 is 0 Å². The van der Waals surface area contributed by atoms with Gasteiger partial charge in [-0.05, 0) is 43.0 Å². The lowest BCUT2D eigenvalue weighted by molar-refractivity contribution is -0.144. The Balaban J connectivity index is 2.21. The van der Waals surface area contributed by atoms with E-state index < -0.39 is 11.9 Å². The molecule has 0 amide bonds. The van der Waals surface area contributed by atoms with Crippen molar-refractivity contribution < 1.29 is 14.3 Å². The summed E-state index contributed by atoms with van der Waals surface area (Å²) in [4.78, 5) is 25.9. The van der Waals surface area contributed by atoms with Crippen molar-refractivity contribution in [2.45, 2.75) is 24.2 Å². The van der Waals surface area contributed by atoms with E-state index >= 15 is 0 Å². The van der Waals surface area contributed by atoms with Gasteiger partial charge in [-0.25, -0.2) is 0 Å². The summed E-state index contributed by atoms with van der Waals surface area (Å²) in [5.41, 5.74) is 1.32. The van der Waals surface area contributed by atoms with E-state index in [0.29, 0.717) is 10.6 Å². The molecule has 24 heavy (non-hydrogen) atoms. The van der Waals surface area contributed by atoms with Crippen molar-refractivity contribution in [1.82, 2.24) is 0 Å². The molecule has 0 saturated carbocycles. The Hall–Kier alpha value is -1.78. The van der Waals surface area contributed by atoms with Crippen LogP contribution >= 0.6 is 23.4 Å². The number of thioether (sulfide) groups is 1. The van der Waals surface area contributed by atoms with Crippen LogP contribution in [0.2, 0.25) is 5.02 Å². The van der Waals surface area contributed by atoms with Gasteiger partial charge in [0.2, 0.25) is 0 Å². The fourth-order valence-corrected chi connectivity index (χ4v) is 2.89. The minimum absolute atomic E-state index is 0.0685. The van der Waals surface area contributed by atoms with Crippen LogP contribution in [0.15, 0.2) is 53.4 Å². The number of rotatable bonds is 7. The average Bonchev–Trinajstić information content (AvgIpc) is 2.60. The van der Waals surface area contributed by atoms with Crippen molar-refractivity contribution in [2.24, 2.45) is 0 Å². The summed E-state index contributed by atoms with van der Waals surface area (Å²) in [7, 11) is 0. The zero-order chi connectivity index (χ0) is 17.5. The molecule has 0 radical (unpaired) electrons. The summed E-state index contributed by atoms with van der Waals surface area (Å²) < 4.78 is 5.13. The molecule has 0 aliphatic rings. The van der Waals surface area contributed by atoms with Crippen LogP contribution in [0.5, 0.6) is 0 Å². The average molecular weight is 363 g/mol. The van der Waals surface area contributed by atoms with Gasteiger partial charge in [0.25, 0.3) is 0 Å². The summed E-state index contributed by atoms with van der Waals surface area (Å²) in [5, 5.41) is 0.584. The van der Waals surface area contributed by atoms with E-state index in [1.807, 2.05) is 18.4 Å². The summed E-state index contributed by atoms with van der Waals surface area (Å²) in [6.45, 7) is 2.03. The molecule has 2 aromatic carbocycles. The Bertz CT molecular complexity index is 696. The molecule has 0 aromatic heterocycles. The van der Waals surface area contributed by atoms with Crippen LogP contribution in [0.25, 0.3) is 0 Å². The maximum atomic E-state index is 12.6. The van der Waals surface area contributed by atoms with Gasteiger partial charge in [0.1, 0.15) is 0 Å². The number of esters is 1. The van der Waals surface area contributed by atoms with E-state index in [-0.39, 0.29) is 18.8 Å². The Labute approximate surface area is 151 Å². The van der Waals surface area contributed by atoms with Gasteiger partial charge >= 0.3 is 5.97 Å². The molecule has 0 aliphatic carbocycles. The molecule has 5 heteroatoms. The molecule has 126 valence electrons. The Kier molecular flexibility index (Phi) is 6.88. The number of hydrogen-bond acceptors (Lipinski definition) is 4.